The predicted molar refractivity (Wildman–Crippen MR) is 113 cm³/mol. The molecule has 11 heteroatoms. The molecule has 6 nitrogen and oxygen atoms in total. The SMILES string of the molecule is N#Cc1ccc(NCCCNc2cc(C(F)(F)F)nc(-c3ccc(Cl)cc3Cl)n2)nc1. The Labute approximate surface area is 186 Å². The third-order valence-electron chi connectivity index (χ3n) is 4.05. The number of hydrogen-bond acceptors (Lipinski definition) is 6. The second kappa shape index (κ2) is 9.81. The van der Waals surface area contributed by atoms with Crippen LogP contribution in [0.4, 0.5) is 24.8 Å². The zero-order valence-corrected chi connectivity index (χ0v) is 17.4. The minimum absolute atomic E-state index is 0.0276. The summed E-state index contributed by atoms with van der Waals surface area (Å²) in [7, 11) is 0. The molecule has 2 aromatic heterocycles. The first-order chi connectivity index (χ1) is 14.8. The van der Waals surface area contributed by atoms with Crippen molar-refractivity contribution in [3.05, 3.63) is 63.9 Å². The Kier molecular flexibility index (Phi) is 7.15. The molecular weight excluding hydrogens is 452 g/mol. The average Bonchev–Trinajstić information content (AvgIpc) is 2.73. The summed E-state index contributed by atoms with van der Waals surface area (Å²) in [6.45, 7) is 0.865. The first kappa shape index (κ1) is 22.6. The lowest BCUT2D eigenvalue weighted by atomic mass is 10.2. The fourth-order valence-corrected chi connectivity index (χ4v) is 3.05. The molecule has 0 aliphatic heterocycles. The highest BCUT2D eigenvalue weighted by Gasteiger charge is 2.34. The molecule has 1 aromatic carbocycles. The molecular formula is C20H15Cl2F3N6. The van der Waals surface area contributed by atoms with Gasteiger partial charge in [0.25, 0.3) is 0 Å². The second-order valence-electron chi connectivity index (χ2n) is 6.33. The molecule has 3 rings (SSSR count). The van der Waals surface area contributed by atoms with Crippen molar-refractivity contribution < 1.29 is 13.2 Å². The van der Waals surface area contributed by atoms with Crippen molar-refractivity contribution in [3.63, 3.8) is 0 Å². The van der Waals surface area contributed by atoms with Gasteiger partial charge in [-0.15, -0.1) is 0 Å². The van der Waals surface area contributed by atoms with Gasteiger partial charge in [-0.05, 0) is 36.8 Å². The second-order valence-corrected chi connectivity index (χ2v) is 7.18. The van der Waals surface area contributed by atoms with Crippen LogP contribution in [-0.4, -0.2) is 28.0 Å². The monoisotopic (exact) mass is 466 g/mol. The number of rotatable bonds is 7. The summed E-state index contributed by atoms with van der Waals surface area (Å²) in [5.74, 6) is 0.471. The zero-order valence-electron chi connectivity index (χ0n) is 15.8. The van der Waals surface area contributed by atoms with Crippen molar-refractivity contribution in [2.75, 3.05) is 23.7 Å². The van der Waals surface area contributed by atoms with Gasteiger partial charge < -0.3 is 10.6 Å². The number of aromatic nitrogens is 3. The molecule has 0 aliphatic carbocycles. The van der Waals surface area contributed by atoms with Gasteiger partial charge in [-0.3, -0.25) is 0 Å². The molecule has 0 spiro atoms. The number of pyridine rings is 1. The largest absolute Gasteiger partial charge is 0.433 e. The maximum atomic E-state index is 13.3. The first-order valence-corrected chi connectivity index (χ1v) is 9.77. The van der Waals surface area contributed by atoms with Gasteiger partial charge in [0.05, 0.1) is 10.6 Å². The number of alkyl halides is 3. The van der Waals surface area contributed by atoms with Gasteiger partial charge in [-0.2, -0.15) is 18.4 Å². The van der Waals surface area contributed by atoms with E-state index in [1.807, 2.05) is 6.07 Å². The van der Waals surface area contributed by atoms with Gasteiger partial charge in [0.2, 0.25) is 0 Å². The van der Waals surface area contributed by atoms with Crippen molar-refractivity contribution in [2.45, 2.75) is 12.6 Å². The normalized spacial score (nSPS) is 11.1. The Hall–Kier alpha value is -3.09. The molecule has 2 N–H and O–H groups in total. The summed E-state index contributed by atoms with van der Waals surface area (Å²) in [6, 6.07) is 10.5. The van der Waals surface area contributed by atoms with Crippen LogP contribution in [0.5, 0.6) is 0 Å². The maximum absolute atomic E-state index is 13.3. The number of benzene rings is 1. The van der Waals surface area contributed by atoms with Crippen molar-refractivity contribution in [1.29, 1.82) is 5.26 Å². The van der Waals surface area contributed by atoms with Crippen LogP contribution in [0.25, 0.3) is 11.4 Å². The molecule has 0 radical (unpaired) electrons. The smallest absolute Gasteiger partial charge is 0.370 e. The summed E-state index contributed by atoms with van der Waals surface area (Å²) >= 11 is 12.0. The fourth-order valence-electron chi connectivity index (χ4n) is 2.56. The molecule has 0 fully saturated rings. The van der Waals surface area contributed by atoms with Crippen molar-refractivity contribution in [1.82, 2.24) is 15.0 Å². The molecule has 31 heavy (non-hydrogen) atoms. The van der Waals surface area contributed by atoms with Crippen LogP contribution < -0.4 is 10.6 Å². The van der Waals surface area contributed by atoms with Gasteiger partial charge in [-0.1, -0.05) is 23.2 Å². The number of hydrogen-bond donors (Lipinski definition) is 2. The minimum atomic E-state index is -4.64. The van der Waals surface area contributed by atoms with E-state index in [0.717, 1.165) is 6.07 Å². The minimum Gasteiger partial charge on any atom is -0.370 e. The predicted octanol–water partition coefficient (Wildman–Crippen LogP) is 5.65. The number of nitrogens with zero attached hydrogens (tertiary/aromatic N) is 4. The molecule has 0 aliphatic rings. The standard InChI is InChI=1S/C20H15Cl2F3N6/c21-13-3-4-14(15(22)8-13)19-30-16(20(23,24)25)9-18(31-19)28-7-1-6-27-17-5-2-12(10-26)11-29-17/h2-5,8-9,11H,1,6-7H2,(H,27,29)(H,28,30,31). The van der Waals surface area contributed by atoms with Crippen LogP contribution in [0, 0.1) is 11.3 Å². The van der Waals surface area contributed by atoms with Crippen LogP contribution in [0.3, 0.4) is 0 Å². The lowest BCUT2D eigenvalue weighted by molar-refractivity contribution is -0.141. The fraction of sp³-hybridized carbons (Fsp3) is 0.200. The van der Waals surface area contributed by atoms with Crippen LogP contribution >= 0.6 is 23.2 Å². The Balaban J connectivity index is 1.67. The number of anilines is 2. The van der Waals surface area contributed by atoms with Crippen LogP contribution in [0.1, 0.15) is 17.7 Å². The van der Waals surface area contributed by atoms with E-state index in [1.165, 1.54) is 24.4 Å². The van der Waals surface area contributed by atoms with Gasteiger partial charge in [0.15, 0.2) is 11.5 Å². The molecule has 0 amide bonds. The topological polar surface area (TPSA) is 86.5 Å². The third kappa shape index (κ3) is 6.20. The van der Waals surface area contributed by atoms with Gasteiger partial charge in [-0.25, -0.2) is 15.0 Å². The number of nitriles is 1. The number of nitrogens with one attached hydrogen (secondary N) is 2. The van der Waals surface area contributed by atoms with E-state index in [1.54, 1.807) is 12.1 Å². The molecule has 2 heterocycles. The molecule has 160 valence electrons. The van der Waals surface area contributed by atoms with E-state index in [2.05, 4.69) is 25.6 Å². The molecule has 0 saturated heterocycles. The van der Waals surface area contributed by atoms with Crippen molar-refractivity contribution in [3.8, 4) is 17.5 Å². The summed E-state index contributed by atoms with van der Waals surface area (Å²) in [5.41, 5.74) is -0.382. The van der Waals surface area contributed by atoms with E-state index in [-0.39, 0.29) is 22.2 Å². The summed E-state index contributed by atoms with van der Waals surface area (Å²) in [4.78, 5) is 11.9. The number of halogens is 5. The highest BCUT2D eigenvalue weighted by atomic mass is 35.5. The lowest BCUT2D eigenvalue weighted by Gasteiger charge is -2.13. The average molecular weight is 467 g/mol. The van der Waals surface area contributed by atoms with E-state index in [4.69, 9.17) is 28.5 Å². The van der Waals surface area contributed by atoms with Gasteiger partial charge in [0, 0.05) is 35.9 Å². The van der Waals surface area contributed by atoms with Crippen LogP contribution in [0.15, 0.2) is 42.6 Å². The van der Waals surface area contributed by atoms with E-state index >= 15 is 0 Å². The molecule has 0 unspecified atom stereocenters. The summed E-state index contributed by atoms with van der Waals surface area (Å²) in [5, 5.41) is 15.2. The molecule has 0 atom stereocenters. The molecule has 0 saturated carbocycles. The lowest BCUT2D eigenvalue weighted by Crippen LogP contribution is -2.14. The highest BCUT2D eigenvalue weighted by molar-refractivity contribution is 6.36. The Morgan fingerprint density at radius 1 is 0.968 bits per heavy atom. The highest BCUT2D eigenvalue weighted by Crippen LogP contribution is 2.33. The Morgan fingerprint density at radius 3 is 2.32 bits per heavy atom. The van der Waals surface area contributed by atoms with E-state index in [0.29, 0.717) is 35.9 Å². The summed E-state index contributed by atoms with van der Waals surface area (Å²) in [6.07, 6.45) is -2.62. The Bertz CT molecular complexity index is 1100. The molecule has 0 bridgehead atoms. The molecule has 3 aromatic rings. The Morgan fingerprint density at radius 2 is 1.71 bits per heavy atom. The quantitative estimate of drug-likeness (QED) is 0.437. The summed E-state index contributed by atoms with van der Waals surface area (Å²) < 4.78 is 39.9. The van der Waals surface area contributed by atoms with Crippen LogP contribution in [0.2, 0.25) is 10.0 Å². The van der Waals surface area contributed by atoms with Gasteiger partial charge in [0.1, 0.15) is 17.7 Å². The van der Waals surface area contributed by atoms with Gasteiger partial charge >= 0.3 is 6.18 Å². The maximum Gasteiger partial charge on any atom is 0.433 e. The van der Waals surface area contributed by atoms with Crippen molar-refractivity contribution >= 4 is 34.8 Å². The first-order valence-electron chi connectivity index (χ1n) is 9.02. The van der Waals surface area contributed by atoms with Crippen molar-refractivity contribution in [2.24, 2.45) is 0 Å². The van der Waals surface area contributed by atoms with E-state index < -0.39 is 11.9 Å². The zero-order chi connectivity index (χ0) is 22.4. The third-order valence-corrected chi connectivity index (χ3v) is 4.59. The van der Waals surface area contributed by atoms with Crippen LogP contribution in [-0.2, 0) is 6.18 Å². The van der Waals surface area contributed by atoms with E-state index in [9.17, 15) is 13.2 Å².